The molecule has 2 unspecified atom stereocenters. The number of hydrogen-bond donors (Lipinski definition) is 1. The van der Waals surface area contributed by atoms with Crippen molar-refractivity contribution in [1.82, 2.24) is 4.90 Å². The maximum absolute atomic E-state index is 6.34. The molecule has 0 radical (unpaired) electrons. The molecule has 2 nitrogen and oxygen atoms in total. The summed E-state index contributed by atoms with van der Waals surface area (Å²) in [7, 11) is 2.33. The van der Waals surface area contributed by atoms with E-state index >= 15 is 0 Å². The van der Waals surface area contributed by atoms with Gasteiger partial charge >= 0.3 is 0 Å². The minimum absolute atomic E-state index is 0.425. The molecule has 0 aliphatic heterocycles. The van der Waals surface area contributed by atoms with Gasteiger partial charge in [-0.05, 0) is 32.7 Å². The van der Waals surface area contributed by atoms with Crippen LogP contribution < -0.4 is 5.73 Å². The van der Waals surface area contributed by atoms with E-state index in [0.29, 0.717) is 12.1 Å². The van der Waals surface area contributed by atoms with Crippen LogP contribution in [0.3, 0.4) is 0 Å². The molecule has 0 saturated heterocycles. The van der Waals surface area contributed by atoms with Crippen molar-refractivity contribution in [2.24, 2.45) is 5.73 Å². The second kappa shape index (κ2) is 6.02. The molecule has 0 spiro atoms. The highest BCUT2D eigenvalue weighted by Gasteiger charge is 2.29. The van der Waals surface area contributed by atoms with Crippen molar-refractivity contribution < 1.29 is 0 Å². The monoisotopic (exact) mass is 224 g/mol. The molecule has 0 aromatic carbocycles. The minimum atomic E-state index is 0.425. The molecule has 94 valence electrons. The van der Waals surface area contributed by atoms with Crippen LogP contribution in [0.5, 0.6) is 0 Å². The highest BCUT2D eigenvalue weighted by molar-refractivity contribution is 4.87. The number of nitrogens with two attached hydrogens (primary N) is 1. The van der Waals surface area contributed by atoms with Gasteiger partial charge in [0.05, 0.1) is 0 Å². The predicted octanol–water partition coefficient (Wildman–Crippen LogP) is 2.91. The highest BCUT2D eigenvalue weighted by Crippen LogP contribution is 2.27. The third kappa shape index (κ3) is 2.98. The fraction of sp³-hybridized carbons (Fsp3) is 1.00. The Hall–Kier alpha value is -0.0800. The first kappa shape index (κ1) is 12.4. The Balaban J connectivity index is 1.92. The molecule has 2 atom stereocenters. The van der Waals surface area contributed by atoms with E-state index in [-0.39, 0.29) is 0 Å². The Morgan fingerprint density at radius 2 is 1.38 bits per heavy atom. The second-order valence-electron chi connectivity index (χ2n) is 5.83. The number of nitrogens with zero attached hydrogens (tertiary/aromatic N) is 1. The highest BCUT2D eigenvalue weighted by atomic mass is 15.2. The van der Waals surface area contributed by atoms with Gasteiger partial charge in [0, 0.05) is 18.1 Å². The van der Waals surface area contributed by atoms with Gasteiger partial charge in [-0.2, -0.15) is 0 Å². The van der Waals surface area contributed by atoms with Crippen molar-refractivity contribution in [2.75, 3.05) is 7.05 Å². The van der Waals surface area contributed by atoms with E-state index in [0.717, 1.165) is 6.04 Å². The van der Waals surface area contributed by atoms with Crippen molar-refractivity contribution in [3.8, 4) is 0 Å². The van der Waals surface area contributed by atoms with Gasteiger partial charge in [0.15, 0.2) is 0 Å². The number of rotatable bonds is 2. The third-order valence-corrected chi connectivity index (χ3v) is 4.71. The van der Waals surface area contributed by atoms with Gasteiger partial charge in [0.2, 0.25) is 0 Å². The summed E-state index contributed by atoms with van der Waals surface area (Å²) in [5, 5.41) is 0. The molecule has 0 amide bonds. The van der Waals surface area contributed by atoms with Crippen molar-refractivity contribution in [1.29, 1.82) is 0 Å². The maximum Gasteiger partial charge on any atom is 0.0247 e. The van der Waals surface area contributed by atoms with Crippen LogP contribution in [0, 0.1) is 0 Å². The summed E-state index contributed by atoms with van der Waals surface area (Å²) in [4.78, 5) is 2.63. The van der Waals surface area contributed by atoms with E-state index in [4.69, 9.17) is 5.73 Å². The zero-order chi connectivity index (χ0) is 11.4. The van der Waals surface area contributed by atoms with E-state index in [1.165, 1.54) is 64.2 Å². The first-order valence-electron chi connectivity index (χ1n) is 7.26. The quantitative estimate of drug-likeness (QED) is 0.731. The van der Waals surface area contributed by atoms with Crippen molar-refractivity contribution in [3.63, 3.8) is 0 Å². The predicted molar refractivity (Wildman–Crippen MR) is 69.5 cm³/mol. The summed E-state index contributed by atoms with van der Waals surface area (Å²) in [6.45, 7) is 0. The van der Waals surface area contributed by atoms with E-state index < -0.39 is 0 Å². The Morgan fingerprint density at radius 3 is 2.06 bits per heavy atom. The summed E-state index contributed by atoms with van der Waals surface area (Å²) >= 11 is 0. The summed E-state index contributed by atoms with van der Waals surface area (Å²) < 4.78 is 0. The molecule has 2 aliphatic carbocycles. The molecular weight excluding hydrogens is 196 g/mol. The molecule has 0 aromatic heterocycles. The molecule has 2 rings (SSSR count). The third-order valence-electron chi connectivity index (χ3n) is 4.71. The van der Waals surface area contributed by atoms with Gasteiger partial charge in [-0.3, -0.25) is 4.90 Å². The summed E-state index contributed by atoms with van der Waals surface area (Å²) in [6.07, 6.45) is 13.8. The smallest absolute Gasteiger partial charge is 0.0247 e. The van der Waals surface area contributed by atoms with Crippen molar-refractivity contribution >= 4 is 0 Å². The van der Waals surface area contributed by atoms with E-state index in [1.807, 2.05) is 0 Å². The van der Waals surface area contributed by atoms with Gasteiger partial charge in [-0.25, -0.2) is 0 Å². The molecule has 0 bridgehead atoms. The van der Waals surface area contributed by atoms with Crippen LogP contribution in [0.2, 0.25) is 0 Å². The van der Waals surface area contributed by atoms with Gasteiger partial charge in [-0.1, -0.05) is 38.5 Å². The topological polar surface area (TPSA) is 29.3 Å². The Morgan fingerprint density at radius 1 is 0.812 bits per heavy atom. The zero-order valence-electron chi connectivity index (χ0n) is 10.8. The van der Waals surface area contributed by atoms with Crippen LogP contribution in [0.25, 0.3) is 0 Å². The molecule has 2 N–H and O–H groups in total. The average Bonchev–Trinajstić information content (AvgIpc) is 2.54. The number of likely N-dealkylation sites (N-methyl/N-ethyl adjacent to an activating group) is 1. The lowest BCUT2D eigenvalue weighted by Crippen LogP contribution is -2.50. The molecule has 16 heavy (non-hydrogen) atoms. The molecule has 2 fully saturated rings. The van der Waals surface area contributed by atoms with Crippen LogP contribution >= 0.6 is 0 Å². The zero-order valence-corrected chi connectivity index (χ0v) is 10.8. The molecule has 2 aliphatic rings. The van der Waals surface area contributed by atoms with Crippen LogP contribution in [0.1, 0.15) is 64.2 Å². The fourth-order valence-electron chi connectivity index (χ4n) is 3.58. The number of hydrogen-bond acceptors (Lipinski definition) is 2. The Labute approximate surface area is 101 Å². The molecule has 2 heteroatoms. The first-order chi connectivity index (χ1) is 7.79. The van der Waals surface area contributed by atoms with Crippen LogP contribution in [0.4, 0.5) is 0 Å². The van der Waals surface area contributed by atoms with Crippen LogP contribution in [-0.2, 0) is 0 Å². The van der Waals surface area contributed by atoms with Gasteiger partial charge in [-0.15, -0.1) is 0 Å². The maximum atomic E-state index is 6.34. The largest absolute Gasteiger partial charge is 0.326 e. The first-order valence-corrected chi connectivity index (χ1v) is 7.26. The molecule has 0 aromatic rings. The van der Waals surface area contributed by atoms with Gasteiger partial charge in [0.25, 0.3) is 0 Å². The Kier molecular flexibility index (Phi) is 4.66. The van der Waals surface area contributed by atoms with Crippen molar-refractivity contribution in [3.05, 3.63) is 0 Å². The standard InChI is InChI=1S/C14H28N2/c1-16(12-8-4-2-5-9-12)14-11-7-3-6-10-13(14)15/h12-14H,2-11,15H2,1H3. The van der Waals surface area contributed by atoms with Crippen molar-refractivity contribution in [2.45, 2.75) is 82.3 Å². The molecule has 2 saturated carbocycles. The second-order valence-corrected chi connectivity index (χ2v) is 5.83. The summed E-state index contributed by atoms with van der Waals surface area (Å²) in [5.41, 5.74) is 6.34. The Bertz CT molecular complexity index is 199. The van der Waals surface area contributed by atoms with Gasteiger partial charge < -0.3 is 5.73 Å². The minimum Gasteiger partial charge on any atom is -0.326 e. The van der Waals surface area contributed by atoms with E-state index in [2.05, 4.69) is 11.9 Å². The summed E-state index contributed by atoms with van der Waals surface area (Å²) in [5.74, 6) is 0. The summed E-state index contributed by atoms with van der Waals surface area (Å²) in [6, 6.07) is 1.91. The van der Waals surface area contributed by atoms with Gasteiger partial charge in [0.1, 0.15) is 0 Å². The fourth-order valence-corrected chi connectivity index (χ4v) is 3.58. The SMILES string of the molecule is CN(C1CCCCC1)C1CCCCCC1N. The molecule has 0 heterocycles. The lowest BCUT2D eigenvalue weighted by molar-refractivity contribution is 0.114. The van der Waals surface area contributed by atoms with E-state index in [1.54, 1.807) is 0 Å². The van der Waals surface area contributed by atoms with Crippen LogP contribution in [-0.4, -0.2) is 30.1 Å². The lowest BCUT2D eigenvalue weighted by atomic mass is 9.91. The normalized spacial score (nSPS) is 33.9. The molecular formula is C14H28N2. The lowest BCUT2D eigenvalue weighted by Gasteiger charge is -2.39. The van der Waals surface area contributed by atoms with Crippen LogP contribution in [0.15, 0.2) is 0 Å². The van der Waals surface area contributed by atoms with E-state index in [9.17, 15) is 0 Å². The average molecular weight is 224 g/mol.